The maximum atomic E-state index is 13.7. The maximum Gasteiger partial charge on any atom is 0.246 e. The molecule has 0 aromatic carbocycles. The molecule has 0 unspecified atom stereocenters. The van der Waals surface area contributed by atoms with E-state index in [9.17, 15) is 24.0 Å². The second-order valence-electron chi connectivity index (χ2n) is 9.99. The van der Waals surface area contributed by atoms with Crippen molar-refractivity contribution in [3.63, 3.8) is 0 Å². The van der Waals surface area contributed by atoms with E-state index in [-0.39, 0.29) is 43.8 Å². The van der Waals surface area contributed by atoms with E-state index in [4.69, 9.17) is 11.5 Å². The fourth-order valence-corrected chi connectivity index (χ4v) is 4.96. The Kier molecular flexibility index (Phi) is 10.5. The first kappa shape index (κ1) is 28.5. The van der Waals surface area contributed by atoms with Gasteiger partial charge in [0, 0.05) is 32.6 Å². The lowest BCUT2D eigenvalue weighted by molar-refractivity contribution is -0.160. The van der Waals surface area contributed by atoms with E-state index >= 15 is 0 Å². The predicted octanol–water partition coefficient (Wildman–Crippen LogP) is -0.430. The molecule has 0 spiro atoms. The molecule has 0 radical (unpaired) electrons. The molecule has 0 bridgehead atoms. The molecule has 0 aliphatic carbocycles. The summed E-state index contributed by atoms with van der Waals surface area (Å²) in [5, 5.41) is 3.27. The summed E-state index contributed by atoms with van der Waals surface area (Å²) in [6, 6.07) is -2.74. The van der Waals surface area contributed by atoms with Crippen molar-refractivity contribution in [1.29, 1.82) is 0 Å². The number of rotatable bonds is 12. The van der Waals surface area contributed by atoms with Gasteiger partial charge in [0.15, 0.2) is 0 Å². The van der Waals surface area contributed by atoms with Gasteiger partial charge in [-0.3, -0.25) is 24.0 Å². The summed E-state index contributed by atoms with van der Waals surface area (Å²) in [6.07, 6.45) is 2.85. The van der Waals surface area contributed by atoms with Crippen LogP contribution in [0.2, 0.25) is 0 Å². The van der Waals surface area contributed by atoms with Crippen LogP contribution in [0.1, 0.15) is 66.2 Å². The number of nitrogens with one attached hydrogen (secondary N) is 1. The van der Waals surface area contributed by atoms with E-state index in [0.717, 1.165) is 12.8 Å². The van der Waals surface area contributed by atoms with Crippen molar-refractivity contribution >= 4 is 29.5 Å². The highest BCUT2D eigenvalue weighted by Gasteiger charge is 2.43. The predicted molar refractivity (Wildman–Crippen MR) is 131 cm³/mol. The molecule has 2 aliphatic heterocycles. The highest BCUT2D eigenvalue weighted by molar-refractivity contribution is 5.95. The first-order valence-corrected chi connectivity index (χ1v) is 12.7. The van der Waals surface area contributed by atoms with Crippen LogP contribution < -0.4 is 16.8 Å². The van der Waals surface area contributed by atoms with Crippen LogP contribution in [0.15, 0.2) is 0 Å². The summed E-state index contributed by atoms with van der Waals surface area (Å²) in [5.74, 6) is -1.69. The van der Waals surface area contributed by atoms with Gasteiger partial charge in [-0.25, -0.2) is 0 Å². The van der Waals surface area contributed by atoms with Crippen LogP contribution in [0, 0.1) is 5.92 Å². The highest BCUT2D eigenvalue weighted by Crippen LogP contribution is 2.23. The number of nitrogens with two attached hydrogens (primary N) is 2. The number of amides is 5. The Labute approximate surface area is 207 Å². The maximum absolute atomic E-state index is 13.7. The molecule has 198 valence electrons. The molecule has 5 amide bonds. The molecule has 4 atom stereocenters. The Hall–Kier alpha value is -2.69. The zero-order valence-corrected chi connectivity index (χ0v) is 21.5. The van der Waals surface area contributed by atoms with Gasteiger partial charge in [0.2, 0.25) is 29.5 Å². The normalized spacial score (nSPS) is 22.9. The average molecular weight is 495 g/mol. The smallest absolute Gasteiger partial charge is 0.246 e. The molecule has 35 heavy (non-hydrogen) atoms. The first-order valence-electron chi connectivity index (χ1n) is 12.7. The number of primary amides is 2. The average Bonchev–Trinajstić information content (AvgIpc) is 2.78. The molecule has 2 fully saturated rings. The molecule has 0 aromatic heterocycles. The lowest BCUT2D eigenvalue weighted by Gasteiger charge is -2.45. The number of piperazine rings is 2. The standard InChI is InChI=1S/C24H42N6O5/c1-5-6-7-19(29-11-10-27-17(23(29)34)14-15(2)3)24(35)28-12-13-30(22(33)16(28)4)18(21(26)32)8-9-20(25)31/h15-19,27H,5-14H2,1-4H3,(H2,25,31)(H2,26,32)/t16-,17-,18-,19-/m0/s1. The van der Waals surface area contributed by atoms with Crippen molar-refractivity contribution in [2.45, 2.75) is 90.4 Å². The summed E-state index contributed by atoms with van der Waals surface area (Å²) in [4.78, 5) is 68.0. The van der Waals surface area contributed by atoms with Gasteiger partial charge in [-0.2, -0.15) is 0 Å². The minimum Gasteiger partial charge on any atom is -0.370 e. The van der Waals surface area contributed by atoms with E-state index in [1.165, 1.54) is 9.80 Å². The van der Waals surface area contributed by atoms with Gasteiger partial charge in [-0.05, 0) is 32.1 Å². The van der Waals surface area contributed by atoms with Gasteiger partial charge >= 0.3 is 0 Å². The molecule has 11 heteroatoms. The van der Waals surface area contributed by atoms with Gasteiger partial charge in [0.1, 0.15) is 18.1 Å². The minimum atomic E-state index is -0.961. The van der Waals surface area contributed by atoms with E-state index < -0.39 is 35.8 Å². The summed E-state index contributed by atoms with van der Waals surface area (Å²) in [5.41, 5.74) is 10.7. The number of hydrogen-bond acceptors (Lipinski definition) is 6. The summed E-state index contributed by atoms with van der Waals surface area (Å²) < 4.78 is 0. The van der Waals surface area contributed by atoms with Crippen molar-refractivity contribution in [1.82, 2.24) is 20.0 Å². The number of carbonyl (C=O) groups excluding carboxylic acids is 5. The SMILES string of the molecule is CCCC[C@@H](C(=O)N1CCN([C@@H](CCC(N)=O)C(N)=O)C(=O)[C@@H]1C)N1CCN[C@@H](CC(C)C)C1=O. The molecule has 11 nitrogen and oxygen atoms in total. The van der Waals surface area contributed by atoms with Crippen LogP contribution in [0.25, 0.3) is 0 Å². The molecule has 2 aliphatic rings. The van der Waals surface area contributed by atoms with Crippen LogP contribution in [-0.4, -0.2) is 94.6 Å². The van der Waals surface area contributed by atoms with Crippen molar-refractivity contribution < 1.29 is 24.0 Å². The van der Waals surface area contributed by atoms with Crippen molar-refractivity contribution in [2.24, 2.45) is 17.4 Å². The fourth-order valence-electron chi connectivity index (χ4n) is 4.96. The lowest BCUT2D eigenvalue weighted by atomic mass is 9.97. The van der Waals surface area contributed by atoms with Crippen LogP contribution in [0.4, 0.5) is 0 Å². The summed E-state index contributed by atoms with van der Waals surface area (Å²) >= 11 is 0. The number of nitrogens with zero attached hydrogens (tertiary/aromatic N) is 3. The van der Waals surface area contributed by atoms with Gasteiger partial charge in [-0.15, -0.1) is 0 Å². The van der Waals surface area contributed by atoms with E-state index in [1.807, 2.05) is 6.92 Å². The number of carbonyl (C=O) groups is 5. The summed E-state index contributed by atoms with van der Waals surface area (Å²) in [7, 11) is 0. The molecule has 2 heterocycles. The van der Waals surface area contributed by atoms with Gasteiger partial charge in [-0.1, -0.05) is 33.6 Å². The minimum absolute atomic E-state index is 0.0444. The zero-order chi connectivity index (χ0) is 26.3. The first-order chi connectivity index (χ1) is 16.5. The molecular weight excluding hydrogens is 452 g/mol. The Morgan fingerprint density at radius 1 is 1.00 bits per heavy atom. The quantitative estimate of drug-likeness (QED) is 0.334. The Morgan fingerprint density at radius 3 is 2.23 bits per heavy atom. The number of unbranched alkanes of at least 4 members (excludes halogenated alkanes) is 1. The van der Waals surface area contributed by atoms with Crippen molar-refractivity contribution in [3.05, 3.63) is 0 Å². The van der Waals surface area contributed by atoms with Gasteiger partial charge in [0.05, 0.1) is 6.04 Å². The third kappa shape index (κ3) is 7.16. The topological polar surface area (TPSA) is 159 Å². The molecule has 0 saturated carbocycles. The molecule has 2 rings (SSSR count). The van der Waals surface area contributed by atoms with Gasteiger partial charge in [0.25, 0.3) is 0 Å². The van der Waals surface area contributed by atoms with E-state index in [0.29, 0.717) is 31.8 Å². The van der Waals surface area contributed by atoms with Crippen molar-refractivity contribution in [3.8, 4) is 0 Å². The summed E-state index contributed by atoms with van der Waals surface area (Å²) in [6.45, 7) is 9.15. The monoisotopic (exact) mass is 494 g/mol. The van der Waals surface area contributed by atoms with Crippen molar-refractivity contribution in [2.75, 3.05) is 26.2 Å². The molecule has 0 aromatic rings. The molecule has 2 saturated heterocycles. The third-order valence-corrected chi connectivity index (χ3v) is 6.87. The Bertz CT molecular complexity index is 803. The second-order valence-corrected chi connectivity index (χ2v) is 9.99. The zero-order valence-electron chi connectivity index (χ0n) is 21.5. The largest absolute Gasteiger partial charge is 0.370 e. The third-order valence-electron chi connectivity index (χ3n) is 6.87. The highest BCUT2D eigenvalue weighted by atomic mass is 16.2. The van der Waals surface area contributed by atoms with E-state index in [2.05, 4.69) is 19.2 Å². The van der Waals surface area contributed by atoms with Crippen LogP contribution in [-0.2, 0) is 24.0 Å². The fraction of sp³-hybridized carbons (Fsp3) is 0.792. The number of hydrogen-bond donors (Lipinski definition) is 3. The Morgan fingerprint density at radius 2 is 1.66 bits per heavy atom. The van der Waals surface area contributed by atoms with Crippen LogP contribution in [0.3, 0.4) is 0 Å². The molecular formula is C24H42N6O5. The van der Waals surface area contributed by atoms with Crippen LogP contribution >= 0.6 is 0 Å². The van der Waals surface area contributed by atoms with Gasteiger partial charge < -0.3 is 31.5 Å². The second kappa shape index (κ2) is 12.9. The van der Waals surface area contributed by atoms with Crippen LogP contribution in [0.5, 0.6) is 0 Å². The molecule has 5 N–H and O–H groups in total. The lowest BCUT2D eigenvalue weighted by Crippen LogP contribution is -2.66. The van der Waals surface area contributed by atoms with E-state index in [1.54, 1.807) is 11.8 Å². The Balaban J connectivity index is 2.20.